The first-order valence-corrected chi connectivity index (χ1v) is 8.78. The van der Waals surface area contributed by atoms with Gasteiger partial charge in [0.05, 0.1) is 9.37 Å². The Morgan fingerprint density at radius 2 is 2.15 bits per heavy atom. The topological polar surface area (TPSA) is 63.4 Å². The van der Waals surface area contributed by atoms with E-state index in [2.05, 4.69) is 15.9 Å². The maximum Gasteiger partial charge on any atom is 0.243 e. The molecule has 0 aliphatic carbocycles. The lowest BCUT2D eigenvalue weighted by molar-refractivity contribution is 0.257. The van der Waals surface area contributed by atoms with Gasteiger partial charge in [0, 0.05) is 19.1 Å². The third-order valence-electron chi connectivity index (χ3n) is 3.65. The van der Waals surface area contributed by atoms with E-state index in [4.69, 9.17) is 5.73 Å². The molecule has 0 bridgehead atoms. The molecule has 1 fully saturated rings. The number of halogens is 2. The van der Waals surface area contributed by atoms with Crippen LogP contribution in [0.25, 0.3) is 0 Å². The molecule has 0 aromatic heterocycles. The van der Waals surface area contributed by atoms with E-state index in [1.165, 1.54) is 16.4 Å². The van der Waals surface area contributed by atoms with Crippen LogP contribution in [0, 0.1) is 12.7 Å². The molecule has 112 valence electrons. The van der Waals surface area contributed by atoms with Crippen molar-refractivity contribution in [1.82, 2.24) is 4.31 Å². The molecule has 1 aromatic carbocycles. The number of aryl methyl sites for hydroxylation is 1. The van der Waals surface area contributed by atoms with Gasteiger partial charge in [0.25, 0.3) is 0 Å². The summed E-state index contributed by atoms with van der Waals surface area (Å²) in [6.45, 7) is 2.38. The van der Waals surface area contributed by atoms with Crippen LogP contribution >= 0.6 is 15.9 Å². The minimum Gasteiger partial charge on any atom is -0.329 e. The Kier molecular flexibility index (Phi) is 4.84. The highest BCUT2D eigenvalue weighted by Gasteiger charge is 2.33. The molecule has 1 aromatic rings. The standard InChI is InChI=1S/C13H18BrFN2O2S/c1-9-6-12(15)11(14)7-13(9)20(18,19)17-5-3-2-4-10(17)8-16/h6-7,10H,2-5,8,16H2,1H3. The fraction of sp³-hybridized carbons (Fsp3) is 0.538. The summed E-state index contributed by atoms with van der Waals surface area (Å²) in [6.07, 6.45) is 2.59. The van der Waals surface area contributed by atoms with Crippen molar-refractivity contribution in [1.29, 1.82) is 0 Å². The summed E-state index contributed by atoms with van der Waals surface area (Å²) in [7, 11) is -3.64. The van der Waals surface area contributed by atoms with Crippen LogP contribution in [0.15, 0.2) is 21.5 Å². The van der Waals surface area contributed by atoms with Crippen molar-refractivity contribution in [3.63, 3.8) is 0 Å². The van der Waals surface area contributed by atoms with Gasteiger partial charge in [-0.1, -0.05) is 6.42 Å². The molecule has 7 heteroatoms. The fourth-order valence-electron chi connectivity index (χ4n) is 2.56. The fourth-order valence-corrected chi connectivity index (χ4v) is 4.99. The SMILES string of the molecule is Cc1cc(F)c(Br)cc1S(=O)(=O)N1CCCCC1CN. The van der Waals surface area contributed by atoms with Gasteiger partial charge in [-0.3, -0.25) is 0 Å². The summed E-state index contributed by atoms with van der Waals surface area (Å²) in [5.74, 6) is -0.463. The highest BCUT2D eigenvalue weighted by molar-refractivity contribution is 9.10. The van der Waals surface area contributed by atoms with Crippen LogP contribution in [-0.4, -0.2) is 31.9 Å². The predicted octanol–water partition coefficient (Wildman–Crippen LogP) is 2.40. The molecule has 0 amide bonds. The number of piperidine rings is 1. The number of hydrogen-bond acceptors (Lipinski definition) is 3. The molecule has 1 aliphatic heterocycles. The number of sulfonamides is 1. The average Bonchev–Trinajstić information content (AvgIpc) is 2.42. The van der Waals surface area contributed by atoms with Gasteiger partial charge >= 0.3 is 0 Å². The summed E-state index contributed by atoms with van der Waals surface area (Å²) >= 11 is 3.05. The van der Waals surface area contributed by atoms with Crippen LogP contribution in [0.5, 0.6) is 0 Å². The molecule has 4 nitrogen and oxygen atoms in total. The Balaban J connectivity index is 2.46. The Morgan fingerprint density at radius 1 is 1.45 bits per heavy atom. The van der Waals surface area contributed by atoms with Gasteiger partial charge < -0.3 is 5.73 Å². The first-order valence-electron chi connectivity index (χ1n) is 6.55. The lowest BCUT2D eigenvalue weighted by atomic mass is 10.1. The Morgan fingerprint density at radius 3 is 2.80 bits per heavy atom. The highest BCUT2D eigenvalue weighted by Crippen LogP contribution is 2.29. The summed E-state index contributed by atoms with van der Waals surface area (Å²) < 4.78 is 40.6. The van der Waals surface area contributed by atoms with Crippen molar-refractivity contribution in [3.8, 4) is 0 Å². The number of nitrogens with two attached hydrogens (primary N) is 1. The van der Waals surface area contributed by atoms with Crippen LogP contribution in [0.1, 0.15) is 24.8 Å². The third-order valence-corrected chi connectivity index (χ3v) is 6.35. The Hall–Kier alpha value is -0.500. The van der Waals surface area contributed by atoms with Gasteiger partial charge in [0.2, 0.25) is 10.0 Å². The molecular formula is C13H18BrFN2O2S. The van der Waals surface area contributed by atoms with E-state index < -0.39 is 15.8 Å². The van der Waals surface area contributed by atoms with Crippen molar-refractivity contribution >= 4 is 26.0 Å². The van der Waals surface area contributed by atoms with Crippen LogP contribution in [-0.2, 0) is 10.0 Å². The zero-order chi connectivity index (χ0) is 14.9. The van der Waals surface area contributed by atoms with E-state index in [0.29, 0.717) is 18.7 Å². The maximum atomic E-state index is 13.5. The van der Waals surface area contributed by atoms with E-state index in [1.807, 2.05) is 0 Å². The Bertz CT molecular complexity index is 607. The van der Waals surface area contributed by atoms with Crippen molar-refractivity contribution in [3.05, 3.63) is 28.0 Å². The molecule has 0 saturated carbocycles. The minimum absolute atomic E-state index is 0.145. The second-order valence-corrected chi connectivity index (χ2v) is 7.75. The first kappa shape index (κ1) is 15.9. The molecule has 2 rings (SSSR count). The van der Waals surface area contributed by atoms with Gasteiger partial charge in [-0.2, -0.15) is 4.31 Å². The zero-order valence-electron chi connectivity index (χ0n) is 11.3. The number of hydrogen-bond donors (Lipinski definition) is 1. The van der Waals surface area contributed by atoms with Crippen LogP contribution in [0.2, 0.25) is 0 Å². The van der Waals surface area contributed by atoms with Crippen molar-refractivity contribution in [2.24, 2.45) is 5.73 Å². The normalized spacial score (nSPS) is 21.1. The van der Waals surface area contributed by atoms with E-state index >= 15 is 0 Å². The molecule has 20 heavy (non-hydrogen) atoms. The van der Waals surface area contributed by atoms with Gasteiger partial charge in [-0.15, -0.1) is 0 Å². The van der Waals surface area contributed by atoms with Gasteiger partial charge in [0.1, 0.15) is 5.82 Å². The van der Waals surface area contributed by atoms with Gasteiger partial charge in [-0.25, -0.2) is 12.8 Å². The zero-order valence-corrected chi connectivity index (χ0v) is 13.7. The average molecular weight is 365 g/mol. The summed E-state index contributed by atoms with van der Waals surface area (Å²) in [4.78, 5) is 0.145. The second-order valence-electron chi connectivity index (χ2n) is 5.03. The van der Waals surface area contributed by atoms with Gasteiger partial charge in [0.15, 0.2) is 0 Å². The quantitative estimate of drug-likeness (QED) is 0.895. The van der Waals surface area contributed by atoms with Crippen LogP contribution < -0.4 is 5.73 Å². The molecule has 0 radical (unpaired) electrons. The monoisotopic (exact) mass is 364 g/mol. The lowest BCUT2D eigenvalue weighted by Crippen LogP contribution is -2.47. The summed E-state index contributed by atoms with van der Waals surface area (Å²) in [5, 5.41) is 0. The van der Waals surface area contributed by atoms with E-state index in [9.17, 15) is 12.8 Å². The molecule has 0 spiro atoms. The van der Waals surface area contributed by atoms with E-state index in [0.717, 1.165) is 19.3 Å². The van der Waals surface area contributed by atoms with E-state index in [1.54, 1.807) is 6.92 Å². The molecule has 1 saturated heterocycles. The second kappa shape index (κ2) is 6.09. The molecule has 1 atom stereocenters. The lowest BCUT2D eigenvalue weighted by Gasteiger charge is -2.34. The van der Waals surface area contributed by atoms with Crippen LogP contribution in [0.4, 0.5) is 4.39 Å². The largest absolute Gasteiger partial charge is 0.329 e. The van der Waals surface area contributed by atoms with Crippen molar-refractivity contribution in [2.75, 3.05) is 13.1 Å². The molecule has 1 aliphatic rings. The minimum atomic E-state index is -3.64. The van der Waals surface area contributed by atoms with Crippen LogP contribution in [0.3, 0.4) is 0 Å². The smallest absolute Gasteiger partial charge is 0.243 e. The van der Waals surface area contributed by atoms with Crippen molar-refractivity contribution < 1.29 is 12.8 Å². The molecule has 2 N–H and O–H groups in total. The summed E-state index contributed by atoms with van der Waals surface area (Å²) in [6, 6.07) is 2.40. The highest BCUT2D eigenvalue weighted by atomic mass is 79.9. The molecular weight excluding hydrogens is 347 g/mol. The predicted molar refractivity (Wildman–Crippen MR) is 79.4 cm³/mol. The van der Waals surface area contributed by atoms with Gasteiger partial charge in [-0.05, 0) is 53.4 Å². The summed E-state index contributed by atoms with van der Waals surface area (Å²) in [5.41, 5.74) is 6.09. The van der Waals surface area contributed by atoms with E-state index in [-0.39, 0.29) is 15.4 Å². The molecule has 1 unspecified atom stereocenters. The number of nitrogens with zero attached hydrogens (tertiary/aromatic N) is 1. The molecule has 1 heterocycles. The first-order chi connectivity index (χ1) is 9.37. The number of rotatable bonds is 3. The Labute approximate surface area is 127 Å². The van der Waals surface area contributed by atoms with Crippen molar-refractivity contribution in [2.45, 2.75) is 37.1 Å². The third kappa shape index (κ3) is 2.90. The maximum absolute atomic E-state index is 13.5. The number of benzene rings is 1.